The molecule has 0 saturated carbocycles. The Hall–Kier alpha value is -0.130. The molecule has 5 heteroatoms. The number of hydrogen-bond donors (Lipinski definition) is 2. The number of thioether (sulfide) groups is 2. The maximum Gasteiger partial charge on any atom is 0.120 e. The first-order valence-corrected chi connectivity index (χ1v) is 8.21. The zero-order valence-electron chi connectivity index (χ0n) is 10.7. The molecule has 1 aliphatic heterocycles. The number of imidazole rings is 1. The topological polar surface area (TPSA) is 40.7 Å². The van der Waals surface area contributed by atoms with E-state index in [9.17, 15) is 0 Å². The average Bonchev–Trinajstić information content (AvgIpc) is 2.79. The van der Waals surface area contributed by atoms with Crippen molar-refractivity contribution in [2.75, 3.05) is 12.3 Å². The number of nitrogens with zero attached hydrogens (tertiary/aromatic N) is 1. The Bertz CT molecular complexity index is 353. The van der Waals surface area contributed by atoms with Gasteiger partial charge >= 0.3 is 0 Å². The van der Waals surface area contributed by atoms with E-state index < -0.39 is 0 Å². The second-order valence-corrected chi connectivity index (χ2v) is 7.44. The molecule has 1 aromatic rings. The zero-order valence-corrected chi connectivity index (χ0v) is 12.3. The number of aromatic amines is 1. The van der Waals surface area contributed by atoms with Gasteiger partial charge in [-0.25, -0.2) is 4.98 Å². The van der Waals surface area contributed by atoms with Gasteiger partial charge in [-0.2, -0.15) is 11.8 Å². The van der Waals surface area contributed by atoms with Gasteiger partial charge in [0.2, 0.25) is 0 Å². The Morgan fingerprint density at radius 3 is 3.00 bits per heavy atom. The average molecular weight is 271 g/mol. The van der Waals surface area contributed by atoms with Gasteiger partial charge in [-0.05, 0) is 6.54 Å². The maximum absolute atomic E-state index is 4.52. The Balaban J connectivity index is 1.95. The van der Waals surface area contributed by atoms with E-state index in [0.29, 0.717) is 10.5 Å². The third-order valence-electron chi connectivity index (χ3n) is 3.07. The minimum atomic E-state index is 0.529. The van der Waals surface area contributed by atoms with Crippen molar-refractivity contribution < 1.29 is 0 Å². The van der Waals surface area contributed by atoms with Crippen molar-refractivity contribution in [3.05, 3.63) is 17.7 Å². The van der Waals surface area contributed by atoms with Crippen LogP contribution in [0, 0.1) is 0 Å². The number of hydrogen-bond acceptors (Lipinski definition) is 4. The van der Waals surface area contributed by atoms with E-state index in [2.05, 4.69) is 47.8 Å². The second-order valence-electron chi connectivity index (χ2n) is 4.44. The molecule has 1 saturated heterocycles. The summed E-state index contributed by atoms with van der Waals surface area (Å²) >= 11 is 4.11. The summed E-state index contributed by atoms with van der Waals surface area (Å²) in [4.78, 5) is 7.97. The summed E-state index contributed by atoms with van der Waals surface area (Å²) in [5, 5.41) is 5.31. The van der Waals surface area contributed by atoms with Crippen LogP contribution in [0.3, 0.4) is 0 Å². The number of rotatable bonds is 4. The van der Waals surface area contributed by atoms with E-state index in [1.54, 1.807) is 0 Å². The quantitative estimate of drug-likeness (QED) is 0.883. The smallest absolute Gasteiger partial charge is 0.120 e. The molecule has 0 amide bonds. The summed E-state index contributed by atoms with van der Waals surface area (Å²) in [7, 11) is 0. The first-order valence-electron chi connectivity index (χ1n) is 6.22. The van der Waals surface area contributed by atoms with Crippen molar-refractivity contribution in [3.8, 4) is 0 Å². The molecule has 3 unspecified atom stereocenters. The van der Waals surface area contributed by atoms with Gasteiger partial charge in [0.15, 0.2) is 0 Å². The van der Waals surface area contributed by atoms with E-state index >= 15 is 0 Å². The van der Waals surface area contributed by atoms with Crippen molar-refractivity contribution in [2.24, 2.45) is 0 Å². The van der Waals surface area contributed by atoms with Crippen LogP contribution in [0.2, 0.25) is 0 Å². The highest BCUT2D eigenvalue weighted by Crippen LogP contribution is 2.43. The molecule has 0 aliphatic carbocycles. The molecule has 0 bridgehead atoms. The van der Waals surface area contributed by atoms with Crippen molar-refractivity contribution >= 4 is 23.5 Å². The van der Waals surface area contributed by atoms with Gasteiger partial charge in [0.1, 0.15) is 5.82 Å². The van der Waals surface area contributed by atoms with Crippen LogP contribution in [0.1, 0.15) is 37.5 Å². The van der Waals surface area contributed by atoms with Gasteiger partial charge in [-0.15, -0.1) is 11.8 Å². The maximum atomic E-state index is 4.52. The predicted molar refractivity (Wildman–Crippen MR) is 77.7 cm³/mol. The van der Waals surface area contributed by atoms with E-state index in [4.69, 9.17) is 0 Å². The normalized spacial score (nSPS) is 29.5. The van der Waals surface area contributed by atoms with Crippen LogP contribution in [0.5, 0.6) is 0 Å². The lowest BCUT2D eigenvalue weighted by molar-refractivity contribution is 0.711. The standard InChI is InChI=1S/C12H21N3S2/c1-4-13-5-10-6-14-12(15-10)11-7-16-8(2)9(3)17-11/h6,8-9,11,13H,4-5,7H2,1-3H3,(H,14,15). The molecule has 1 aliphatic rings. The summed E-state index contributed by atoms with van der Waals surface area (Å²) in [5.74, 6) is 2.32. The molecule has 2 heterocycles. The molecule has 17 heavy (non-hydrogen) atoms. The summed E-state index contributed by atoms with van der Waals surface area (Å²) in [6.45, 7) is 8.64. The Morgan fingerprint density at radius 2 is 2.29 bits per heavy atom. The molecule has 3 atom stereocenters. The monoisotopic (exact) mass is 271 g/mol. The van der Waals surface area contributed by atoms with E-state index in [0.717, 1.165) is 24.2 Å². The van der Waals surface area contributed by atoms with Crippen LogP contribution in [-0.2, 0) is 6.54 Å². The molecule has 96 valence electrons. The van der Waals surface area contributed by atoms with Crippen LogP contribution in [0.15, 0.2) is 6.20 Å². The molecule has 0 radical (unpaired) electrons. The van der Waals surface area contributed by atoms with Gasteiger partial charge < -0.3 is 10.3 Å². The Morgan fingerprint density at radius 1 is 1.47 bits per heavy atom. The largest absolute Gasteiger partial charge is 0.344 e. The molecule has 3 nitrogen and oxygen atoms in total. The molecule has 2 rings (SSSR count). The molecule has 2 N–H and O–H groups in total. The lowest BCUT2D eigenvalue weighted by Gasteiger charge is -2.30. The summed E-state index contributed by atoms with van der Waals surface area (Å²) in [6.07, 6.45) is 1.96. The van der Waals surface area contributed by atoms with E-state index in [1.807, 2.05) is 18.0 Å². The van der Waals surface area contributed by atoms with Crippen molar-refractivity contribution in [1.29, 1.82) is 0 Å². The minimum absolute atomic E-state index is 0.529. The third kappa shape index (κ3) is 3.42. The fourth-order valence-electron chi connectivity index (χ4n) is 1.82. The SMILES string of the molecule is CCNCc1cnc(C2CSC(C)C(C)S2)[nH]1. The summed E-state index contributed by atoms with van der Waals surface area (Å²) < 4.78 is 0. The van der Waals surface area contributed by atoms with E-state index in [1.165, 1.54) is 11.4 Å². The third-order valence-corrected chi connectivity index (χ3v) is 6.47. The number of aromatic nitrogens is 2. The van der Waals surface area contributed by atoms with Crippen molar-refractivity contribution in [3.63, 3.8) is 0 Å². The van der Waals surface area contributed by atoms with Crippen molar-refractivity contribution in [2.45, 2.75) is 43.1 Å². The van der Waals surface area contributed by atoms with Crippen LogP contribution < -0.4 is 5.32 Å². The molecule has 0 aromatic carbocycles. The fraction of sp³-hybridized carbons (Fsp3) is 0.750. The Labute approximate surface area is 112 Å². The van der Waals surface area contributed by atoms with Crippen molar-refractivity contribution in [1.82, 2.24) is 15.3 Å². The Kier molecular flexibility index (Phi) is 4.82. The number of nitrogens with one attached hydrogen (secondary N) is 2. The molecule has 1 fully saturated rings. The zero-order chi connectivity index (χ0) is 12.3. The highest BCUT2D eigenvalue weighted by atomic mass is 32.2. The number of H-pyrrole nitrogens is 1. The predicted octanol–water partition coefficient (Wildman–Crippen LogP) is 2.82. The highest BCUT2D eigenvalue weighted by molar-refractivity contribution is 8.07. The lowest BCUT2D eigenvalue weighted by Crippen LogP contribution is -2.22. The van der Waals surface area contributed by atoms with Crippen LogP contribution >= 0.6 is 23.5 Å². The lowest BCUT2D eigenvalue weighted by atomic mass is 10.3. The summed E-state index contributed by atoms with van der Waals surface area (Å²) in [6, 6.07) is 0. The second kappa shape index (κ2) is 6.16. The van der Waals surface area contributed by atoms with Gasteiger partial charge in [0, 0.05) is 34.7 Å². The highest BCUT2D eigenvalue weighted by Gasteiger charge is 2.28. The molecular formula is C12H21N3S2. The van der Waals surface area contributed by atoms with Gasteiger partial charge in [0.25, 0.3) is 0 Å². The van der Waals surface area contributed by atoms with Crippen LogP contribution in [-0.4, -0.2) is 32.8 Å². The minimum Gasteiger partial charge on any atom is -0.344 e. The molecular weight excluding hydrogens is 250 g/mol. The van der Waals surface area contributed by atoms with Gasteiger partial charge in [-0.1, -0.05) is 20.8 Å². The molecule has 1 aromatic heterocycles. The van der Waals surface area contributed by atoms with Crippen LogP contribution in [0.25, 0.3) is 0 Å². The fourth-order valence-corrected chi connectivity index (χ4v) is 4.69. The summed E-state index contributed by atoms with van der Waals surface area (Å²) in [5.41, 5.74) is 1.19. The van der Waals surface area contributed by atoms with E-state index in [-0.39, 0.29) is 0 Å². The molecule has 0 spiro atoms. The van der Waals surface area contributed by atoms with Gasteiger partial charge in [0.05, 0.1) is 5.25 Å². The van der Waals surface area contributed by atoms with Gasteiger partial charge in [-0.3, -0.25) is 0 Å². The first-order chi connectivity index (χ1) is 8.20. The van der Waals surface area contributed by atoms with Crippen LogP contribution in [0.4, 0.5) is 0 Å². The first kappa shape index (κ1) is 13.3.